The topological polar surface area (TPSA) is 57.6 Å². The summed E-state index contributed by atoms with van der Waals surface area (Å²) in [4.78, 5) is 23.1. The number of benzene rings is 1. The third kappa shape index (κ3) is 2.98. The molecule has 1 N–H and O–H groups in total. The van der Waals surface area contributed by atoms with E-state index < -0.39 is 17.8 Å². The van der Waals surface area contributed by atoms with Crippen molar-refractivity contribution in [1.29, 1.82) is 0 Å². The lowest BCUT2D eigenvalue weighted by Gasteiger charge is -2.28. The van der Waals surface area contributed by atoms with Gasteiger partial charge in [0.25, 0.3) is 0 Å². The Morgan fingerprint density at radius 1 is 1.50 bits per heavy atom. The van der Waals surface area contributed by atoms with Crippen LogP contribution in [0.15, 0.2) is 18.2 Å². The van der Waals surface area contributed by atoms with Gasteiger partial charge in [-0.1, -0.05) is 25.4 Å². The van der Waals surface area contributed by atoms with Gasteiger partial charge in [0.2, 0.25) is 6.41 Å². The van der Waals surface area contributed by atoms with E-state index in [4.69, 9.17) is 16.7 Å². The van der Waals surface area contributed by atoms with E-state index in [-0.39, 0.29) is 16.6 Å². The van der Waals surface area contributed by atoms with Gasteiger partial charge in [0, 0.05) is 5.02 Å². The highest BCUT2D eigenvalue weighted by Gasteiger charge is 2.30. The van der Waals surface area contributed by atoms with Crippen LogP contribution in [0.25, 0.3) is 0 Å². The van der Waals surface area contributed by atoms with Crippen LogP contribution in [-0.2, 0) is 9.59 Å². The van der Waals surface area contributed by atoms with Crippen molar-refractivity contribution in [3.05, 3.63) is 29.0 Å². The first-order valence-electron chi connectivity index (χ1n) is 5.30. The van der Waals surface area contributed by atoms with Gasteiger partial charge in [-0.3, -0.25) is 9.69 Å². The van der Waals surface area contributed by atoms with Gasteiger partial charge in [-0.05, 0) is 24.1 Å². The van der Waals surface area contributed by atoms with Crippen molar-refractivity contribution in [3.8, 4) is 0 Å². The molecule has 1 aromatic rings. The molecule has 1 amide bonds. The van der Waals surface area contributed by atoms with Crippen molar-refractivity contribution >= 4 is 29.7 Å². The quantitative estimate of drug-likeness (QED) is 0.839. The smallest absolute Gasteiger partial charge is 0.327 e. The Bertz CT molecular complexity index is 465. The Balaban J connectivity index is 3.27. The second kappa shape index (κ2) is 5.82. The molecule has 0 aromatic heterocycles. The molecule has 0 spiro atoms. The molecule has 0 aliphatic heterocycles. The van der Waals surface area contributed by atoms with Crippen molar-refractivity contribution in [3.63, 3.8) is 0 Å². The minimum absolute atomic E-state index is 0.140. The van der Waals surface area contributed by atoms with E-state index in [2.05, 4.69) is 0 Å². The van der Waals surface area contributed by atoms with Crippen molar-refractivity contribution < 1.29 is 19.1 Å². The summed E-state index contributed by atoms with van der Waals surface area (Å²) in [5, 5.41) is 9.34. The molecule has 1 unspecified atom stereocenters. The molecule has 0 bridgehead atoms. The zero-order chi connectivity index (χ0) is 13.9. The van der Waals surface area contributed by atoms with Gasteiger partial charge < -0.3 is 5.11 Å². The van der Waals surface area contributed by atoms with E-state index in [9.17, 15) is 14.0 Å². The first-order valence-corrected chi connectivity index (χ1v) is 5.67. The van der Waals surface area contributed by atoms with Crippen LogP contribution in [0.2, 0.25) is 5.02 Å². The molecule has 0 saturated heterocycles. The van der Waals surface area contributed by atoms with Crippen LogP contribution in [0.1, 0.15) is 13.8 Å². The van der Waals surface area contributed by atoms with E-state index in [1.165, 1.54) is 12.1 Å². The lowest BCUT2D eigenvalue weighted by atomic mass is 10.0. The predicted octanol–water partition coefficient (Wildman–Crippen LogP) is 2.55. The maximum atomic E-state index is 13.6. The second-order valence-electron chi connectivity index (χ2n) is 4.14. The summed E-state index contributed by atoms with van der Waals surface area (Å²) in [6, 6.07) is 2.50. The standard InChI is InChI=1S/C12H13ClFNO3/c1-7(2)11(12(17)18)15(6-16)10-5-8(13)3-4-9(10)14/h3-7,11H,1-2H3,(H,17,18). The van der Waals surface area contributed by atoms with Crippen LogP contribution < -0.4 is 4.90 Å². The Hall–Kier alpha value is -1.62. The van der Waals surface area contributed by atoms with Crippen LogP contribution in [0, 0.1) is 11.7 Å². The maximum absolute atomic E-state index is 13.6. The molecule has 4 nitrogen and oxygen atoms in total. The van der Waals surface area contributed by atoms with E-state index >= 15 is 0 Å². The summed E-state index contributed by atoms with van der Waals surface area (Å²) in [6.45, 7) is 3.27. The molecule has 18 heavy (non-hydrogen) atoms. The molecule has 6 heteroatoms. The van der Waals surface area contributed by atoms with E-state index in [1.54, 1.807) is 13.8 Å². The molecule has 0 radical (unpaired) electrons. The molecule has 98 valence electrons. The fraction of sp³-hybridized carbons (Fsp3) is 0.333. The molecular formula is C12H13ClFNO3. The minimum Gasteiger partial charge on any atom is -0.480 e. The van der Waals surface area contributed by atoms with Gasteiger partial charge in [-0.2, -0.15) is 0 Å². The summed E-state index contributed by atoms with van der Waals surface area (Å²) in [5.41, 5.74) is -0.140. The van der Waals surface area contributed by atoms with Crippen molar-refractivity contribution in [2.75, 3.05) is 4.90 Å². The zero-order valence-corrected chi connectivity index (χ0v) is 10.7. The van der Waals surface area contributed by atoms with Crippen molar-refractivity contribution in [2.24, 2.45) is 5.92 Å². The number of halogens is 2. The van der Waals surface area contributed by atoms with Gasteiger partial charge >= 0.3 is 5.97 Å². The third-order valence-corrected chi connectivity index (χ3v) is 2.72. The summed E-state index contributed by atoms with van der Waals surface area (Å²) < 4.78 is 13.6. The Morgan fingerprint density at radius 3 is 2.56 bits per heavy atom. The number of anilines is 1. The number of nitrogens with zero attached hydrogens (tertiary/aromatic N) is 1. The Kier molecular flexibility index (Phi) is 4.67. The molecule has 0 heterocycles. The van der Waals surface area contributed by atoms with Crippen LogP contribution in [0.4, 0.5) is 10.1 Å². The van der Waals surface area contributed by atoms with Gasteiger partial charge in [-0.15, -0.1) is 0 Å². The van der Waals surface area contributed by atoms with Crippen molar-refractivity contribution in [1.82, 2.24) is 0 Å². The number of carbonyl (C=O) groups is 2. The summed E-state index contributed by atoms with van der Waals surface area (Å²) in [5.74, 6) is -2.26. The van der Waals surface area contributed by atoms with Gasteiger partial charge in [0.05, 0.1) is 5.69 Å². The fourth-order valence-corrected chi connectivity index (χ4v) is 1.85. The normalized spacial score (nSPS) is 12.3. The summed E-state index contributed by atoms with van der Waals surface area (Å²) >= 11 is 5.73. The highest BCUT2D eigenvalue weighted by Crippen LogP contribution is 2.26. The van der Waals surface area contributed by atoms with Crippen molar-refractivity contribution in [2.45, 2.75) is 19.9 Å². The van der Waals surface area contributed by atoms with E-state index in [0.717, 1.165) is 11.0 Å². The summed E-state index contributed by atoms with van der Waals surface area (Å²) in [7, 11) is 0. The molecule has 1 aromatic carbocycles. The Morgan fingerprint density at radius 2 is 2.11 bits per heavy atom. The van der Waals surface area contributed by atoms with Crippen LogP contribution in [0.3, 0.4) is 0 Å². The molecule has 0 aliphatic carbocycles. The number of carboxylic acids is 1. The van der Waals surface area contributed by atoms with Crippen LogP contribution in [-0.4, -0.2) is 23.5 Å². The van der Waals surface area contributed by atoms with Crippen LogP contribution >= 0.6 is 11.6 Å². The number of hydrogen-bond acceptors (Lipinski definition) is 2. The Labute approximate surface area is 109 Å². The average Bonchev–Trinajstić information content (AvgIpc) is 2.28. The van der Waals surface area contributed by atoms with Crippen LogP contribution in [0.5, 0.6) is 0 Å². The van der Waals surface area contributed by atoms with E-state index in [0.29, 0.717) is 6.41 Å². The number of aliphatic carboxylic acids is 1. The first kappa shape index (κ1) is 14.4. The largest absolute Gasteiger partial charge is 0.480 e. The highest BCUT2D eigenvalue weighted by molar-refractivity contribution is 6.30. The molecule has 1 atom stereocenters. The number of carbonyl (C=O) groups excluding carboxylic acids is 1. The SMILES string of the molecule is CC(C)C(C(=O)O)N(C=O)c1cc(Cl)ccc1F. The fourth-order valence-electron chi connectivity index (χ4n) is 1.68. The van der Waals surface area contributed by atoms with Gasteiger partial charge in [-0.25, -0.2) is 9.18 Å². The van der Waals surface area contributed by atoms with Gasteiger partial charge in [0.1, 0.15) is 11.9 Å². The number of carboxylic acid groups (broad SMARTS) is 1. The molecule has 1 rings (SSSR count). The highest BCUT2D eigenvalue weighted by atomic mass is 35.5. The molecular weight excluding hydrogens is 261 g/mol. The summed E-state index contributed by atoms with van der Waals surface area (Å²) in [6.07, 6.45) is 0.299. The monoisotopic (exact) mass is 273 g/mol. The third-order valence-electron chi connectivity index (χ3n) is 2.48. The van der Waals surface area contributed by atoms with Gasteiger partial charge in [0.15, 0.2) is 0 Å². The number of amides is 1. The number of hydrogen-bond donors (Lipinski definition) is 1. The second-order valence-corrected chi connectivity index (χ2v) is 4.57. The first-order chi connectivity index (χ1) is 8.38. The molecule has 0 saturated carbocycles. The lowest BCUT2D eigenvalue weighted by molar-refractivity contribution is -0.140. The maximum Gasteiger partial charge on any atom is 0.327 e. The predicted molar refractivity (Wildman–Crippen MR) is 66.2 cm³/mol. The minimum atomic E-state index is -1.20. The molecule has 0 fully saturated rings. The lowest BCUT2D eigenvalue weighted by Crippen LogP contribution is -2.44. The number of rotatable bonds is 5. The van der Waals surface area contributed by atoms with E-state index in [1.807, 2.05) is 0 Å². The average molecular weight is 274 g/mol. The zero-order valence-electron chi connectivity index (χ0n) is 9.93. The molecule has 0 aliphatic rings.